The number of nitrogens with two attached hydrogens (primary N) is 1. The summed E-state index contributed by atoms with van der Waals surface area (Å²) in [4.78, 5) is 0.381. The molecule has 2 N–H and O–H groups in total. The van der Waals surface area contributed by atoms with Crippen molar-refractivity contribution in [3.05, 3.63) is 36.4 Å². The molecule has 1 aliphatic heterocycles. The van der Waals surface area contributed by atoms with Crippen LogP contribution in [0.15, 0.2) is 41.3 Å². The molecular formula is C14H16N2O2S. The summed E-state index contributed by atoms with van der Waals surface area (Å²) in [5.41, 5.74) is 6.39. The lowest BCUT2D eigenvalue weighted by atomic mass is 10.1. The molecule has 0 bridgehead atoms. The van der Waals surface area contributed by atoms with Crippen LogP contribution in [0.3, 0.4) is 0 Å². The highest BCUT2D eigenvalue weighted by molar-refractivity contribution is 7.89. The van der Waals surface area contributed by atoms with E-state index in [0.29, 0.717) is 23.7 Å². The van der Waals surface area contributed by atoms with Crippen molar-refractivity contribution < 1.29 is 8.42 Å². The molecule has 1 heterocycles. The van der Waals surface area contributed by atoms with Gasteiger partial charge in [-0.2, -0.15) is 4.31 Å². The number of sulfonamides is 1. The highest BCUT2D eigenvalue weighted by Gasteiger charge is 2.28. The van der Waals surface area contributed by atoms with Gasteiger partial charge in [0.1, 0.15) is 0 Å². The summed E-state index contributed by atoms with van der Waals surface area (Å²) in [6.07, 6.45) is 1.88. The molecule has 0 spiro atoms. The third kappa shape index (κ3) is 2.09. The largest absolute Gasteiger partial charge is 0.399 e. The molecule has 0 amide bonds. The average Bonchev–Trinajstić information content (AvgIpc) is 2.92. The van der Waals surface area contributed by atoms with Gasteiger partial charge in [-0.05, 0) is 36.4 Å². The Bertz CT molecular complexity index is 719. The van der Waals surface area contributed by atoms with E-state index in [1.54, 1.807) is 34.6 Å². The number of anilines is 1. The molecule has 0 saturated carbocycles. The van der Waals surface area contributed by atoms with E-state index in [1.165, 1.54) is 0 Å². The Labute approximate surface area is 112 Å². The van der Waals surface area contributed by atoms with Gasteiger partial charge in [0, 0.05) is 24.2 Å². The minimum absolute atomic E-state index is 0.381. The van der Waals surface area contributed by atoms with E-state index in [0.717, 1.165) is 23.6 Å². The molecule has 3 rings (SSSR count). The summed E-state index contributed by atoms with van der Waals surface area (Å²) in [6.45, 7) is 1.24. The highest BCUT2D eigenvalue weighted by Crippen LogP contribution is 2.28. The second-order valence-corrected chi connectivity index (χ2v) is 6.75. The average molecular weight is 276 g/mol. The second kappa shape index (κ2) is 4.51. The molecule has 1 saturated heterocycles. The molecule has 0 radical (unpaired) electrons. The standard InChI is InChI=1S/C14H16N2O2S/c15-12-6-7-13-11(10-12)4-3-5-14(13)19(17,18)16-8-1-2-9-16/h3-7,10H,1-2,8-9,15H2. The van der Waals surface area contributed by atoms with Gasteiger partial charge in [-0.25, -0.2) is 8.42 Å². The maximum atomic E-state index is 12.6. The van der Waals surface area contributed by atoms with Crippen LogP contribution in [0.4, 0.5) is 5.69 Å². The van der Waals surface area contributed by atoms with Gasteiger partial charge in [0.25, 0.3) is 0 Å². The quantitative estimate of drug-likeness (QED) is 0.855. The molecule has 19 heavy (non-hydrogen) atoms. The smallest absolute Gasteiger partial charge is 0.243 e. The number of rotatable bonds is 2. The fourth-order valence-corrected chi connectivity index (χ4v) is 4.30. The summed E-state index contributed by atoms with van der Waals surface area (Å²) in [5, 5.41) is 1.60. The second-order valence-electron chi connectivity index (χ2n) is 4.85. The third-order valence-electron chi connectivity index (χ3n) is 3.55. The fourth-order valence-electron chi connectivity index (χ4n) is 2.56. The Morgan fingerprint density at radius 1 is 1.05 bits per heavy atom. The fraction of sp³-hybridized carbons (Fsp3) is 0.286. The van der Waals surface area contributed by atoms with Gasteiger partial charge in [0.2, 0.25) is 10.0 Å². The van der Waals surface area contributed by atoms with Crippen molar-refractivity contribution in [2.45, 2.75) is 17.7 Å². The third-order valence-corrected chi connectivity index (χ3v) is 5.50. The summed E-state index contributed by atoms with van der Waals surface area (Å²) in [6, 6.07) is 10.7. The molecular weight excluding hydrogens is 260 g/mol. The Hall–Kier alpha value is -1.59. The van der Waals surface area contributed by atoms with Crippen molar-refractivity contribution in [2.75, 3.05) is 18.8 Å². The van der Waals surface area contributed by atoms with Crippen LogP contribution in [-0.4, -0.2) is 25.8 Å². The molecule has 1 aliphatic rings. The minimum Gasteiger partial charge on any atom is -0.399 e. The molecule has 4 nitrogen and oxygen atoms in total. The maximum absolute atomic E-state index is 12.6. The molecule has 0 aromatic heterocycles. The van der Waals surface area contributed by atoms with Crippen LogP contribution in [0.2, 0.25) is 0 Å². The van der Waals surface area contributed by atoms with E-state index >= 15 is 0 Å². The van der Waals surface area contributed by atoms with Crippen molar-refractivity contribution in [2.24, 2.45) is 0 Å². The van der Waals surface area contributed by atoms with Crippen molar-refractivity contribution in [1.82, 2.24) is 4.31 Å². The number of hydrogen-bond donors (Lipinski definition) is 1. The summed E-state index contributed by atoms with van der Waals surface area (Å²) in [5.74, 6) is 0. The lowest BCUT2D eigenvalue weighted by Crippen LogP contribution is -2.28. The summed E-state index contributed by atoms with van der Waals surface area (Å²) < 4.78 is 26.8. The van der Waals surface area contributed by atoms with Crippen molar-refractivity contribution in [1.29, 1.82) is 0 Å². The monoisotopic (exact) mass is 276 g/mol. The number of fused-ring (bicyclic) bond motifs is 1. The number of benzene rings is 2. The van der Waals surface area contributed by atoms with Gasteiger partial charge in [-0.1, -0.05) is 18.2 Å². The Balaban J connectivity index is 2.19. The van der Waals surface area contributed by atoms with Gasteiger partial charge in [-0.15, -0.1) is 0 Å². The first-order valence-corrected chi connectivity index (χ1v) is 7.81. The van der Waals surface area contributed by atoms with Crippen molar-refractivity contribution >= 4 is 26.5 Å². The Morgan fingerprint density at radius 3 is 2.53 bits per heavy atom. The highest BCUT2D eigenvalue weighted by atomic mass is 32.2. The van der Waals surface area contributed by atoms with E-state index in [2.05, 4.69) is 0 Å². The first-order valence-electron chi connectivity index (χ1n) is 6.37. The zero-order valence-electron chi connectivity index (χ0n) is 10.5. The zero-order valence-corrected chi connectivity index (χ0v) is 11.4. The lowest BCUT2D eigenvalue weighted by molar-refractivity contribution is 0.478. The number of nitrogens with zero attached hydrogens (tertiary/aromatic N) is 1. The van der Waals surface area contributed by atoms with Crippen LogP contribution >= 0.6 is 0 Å². The molecule has 2 aromatic carbocycles. The van der Waals surface area contributed by atoms with Gasteiger partial charge >= 0.3 is 0 Å². The summed E-state index contributed by atoms with van der Waals surface area (Å²) >= 11 is 0. The van der Waals surface area contributed by atoms with E-state index in [9.17, 15) is 8.42 Å². The van der Waals surface area contributed by atoms with Gasteiger partial charge < -0.3 is 5.73 Å². The predicted octanol–water partition coefficient (Wildman–Crippen LogP) is 2.21. The molecule has 1 fully saturated rings. The van der Waals surface area contributed by atoms with E-state index < -0.39 is 10.0 Å². The van der Waals surface area contributed by atoms with E-state index in [4.69, 9.17) is 5.73 Å². The van der Waals surface area contributed by atoms with Crippen molar-refractivity contribution in [3.63, 3.8) is 0 Å². The van der Waals surface area contributed by atoms with Crippen LogP contribution in [0.1, 0.15) is 12.8 Å². The number of hydrogen-bond acceptors (Lipinski definition) is 3. The zero-order chi connectivity index (χ0) is 13.5. The molecule has 0 atom stereocenters. The maximum Gasteiger partial charge on any atom is 0.243 e. The van der Waals surface area contributed by atoms with Gasteiger partial charge in [0.05, 0.1) is 4.90 Å². The Morgan fingerprint density at radius 2 is 1.79 bits per heavy atom. The van der Waals surface area contributed by atoms with E-state index in [1.807, 2.05) is 6.07 Å². The van der Waals surface area contributed by atoms with Gasteiger partial charge in [-0.3, -0.25) is 0 Å². The van der Waals surface area contributed by atoms with Crippen LogP contribution in [-0.2, 0) is 10.0 Å². The molecule has 2 aromatic rings. The van der Waals surface area contributed by atoms with Crippen LogP contribution < -0.4 is 5.73 Å². The van der Waals surface area contributed by atoms with Gasteiger partial charge in [0.15, 0.2) is 0 Å². The minimum atomic E-state index is -3.39. The normalized spacial score (nSPS) is 17.1. The van der Waals surface area contributed by atoms with Crippen molar-refractivity contribution in [3.8, 4) is 0 Å². The molecule has 0 aliphatic carbocycles. The van der Waals surface area contributed by atoms with Crippen LogP contribution in [0.5, 0.6) is 0 Å². The molecule has 0 unspecified atom stereocenters. The Kier molecular flexibility index (Phi) is 2.95. The molecule has 100 valence electrons. The number of nitrogen functional groups attached to an aromatic ring is 1. The van der Waals surface area contributed by atoms with Crippen LogP contribution in [0.25, 0.3) is 10.8 Å². The predicted molar refractivity (Wildman–Crippen MR) is 76.4 cm³/mol. The van der Waals surface area contributed by atoms with Crippen LogP contribution in [0, 0.1) is 0 Å². The lowest BCUT2D eigenvalue weighted by Gasteiger charge is -2.17. The SMILES string of the molecule is Nc1ccc2c(S(=O)(=O)N3CCCC3)cccc2c1. The first-order chi connectivity index (χ1) is 9.09. The topological polar surface area (TPSA) is 63.4 Å². The first kappa shape index (κ1) is 12.4. The molecule has 5 heteroatoms. The summed E-state index contributed by atoms with van der Waals surface area (Å²) in [7, 11) is -3.39. The van der Waals surface area contributed by atoms with E-state index in [-0.39, 0.29) is 0 Å².